The van der Waals surface area contributed by atoms with Crippen molar-refractivity contribution in [3.05, 3.63) is 64.7 Å². The lowest BCUT2D eigenvalue weighted by atomic mass is 9.82. The zero-order valence-corrected chi connectivity index (χ0v) is 15.0. The van der Waals surface area contributed by atoms with E-state index in [1.54, 1.807) is 0 Å². The van der Waals surface area contributed by atoms with Crippen LogP contribution in [0.25, 0.3) is 0 Å². The standard InChI is InChI=1S/C21H29NO/c1-6-21(4,5)18-9-11-19(12-10-18)23-14-20(22)17-8-7-15(2)16(3)13-17/h7-13,20H,6,14,22H2,1-5H3. The van der Waals surface area contributed by atoms with Gasteiger partial charge in [-0.2, -0.15) is 0 Å². The van der Waals surface area contributed by atoms with Gasteiger partial charge in [0.15, 0.2) is 0 Å². The number of hydrogen-bond acceptors (Lipinski definition) is 2. The Morgan fingerprint density at radius 1 is 1.00 bits per heavy atom. The lowest BCUT2D eigenvalue weighted by Crippen LogP contribution is -2.19. The molecular formula is C21H29NO. The van der Waals surface area contributed by atoms with Gasteiger partial charge in [-0.15, -0.1) is 0 Å². The van der Waals surface area contributed by atoms with Gasteiger partial charge in [-0.1, -0.05) is 51.1 Å². The van der Waals surface area contributed by atoms with Gasteiger partial charge in [0, 0.05) is 0 Å². The third-order valence-corrected chi connectivity index (χ3v) is 4.91. The van der Waals surface area contributed by atoms with Crippen LogP contribution in [-0.4, -0.2) is 6.61 Å². The van der Waals surface area contributed by atoms with Gasteiger partial charge < -0.3 is 10.5 Å². The summed E-state index contributed by atoms with van der Waals surface area (Å²) in [5.74, 6) is 0.875. The van der Waals surface area contributed by atoms with Crippen molar-refractivity contribution in [2.24, 2.45) is 5.73 Å². The van der Waals surface area contributed by atoms with E-state index in [0.29, 0.717) is 6.61 Å². The first-order valence-corrected chi connectivity index (χ1v) is 8.39. The first-order valence-electron chi connectivity index (χ1n) is 8.39. The molecule has 2 heteroatoms. The van der Waals surface area contributed by atoms with E-state index in [-0.39, 0.29) is 11.5 Å². The second-order valence-electron chi connectivity index (χ2n) is 7.02. The molecule has 0 heterocycles. The molecule has 0 aliphatic carbocycles. The van der Waals surface area contributed by atoms with Crippen LogP contribution in [0.15, 0.2) is 42.5 Å². The smallest absolute Gasteiger partial charge is 0.119 e. The first kappa shape index (κ1) is 17.6. The Morgan fingerprint density at radius 2 is 1.65 bits per heavy atom. The SMILES string of the molecule is CCC(C)(C)c1ccc(OCC(N)c2ccc(C)c(C)c2)cc1. The molecule has 124 valence electrons. The molecule has 0 saturated carbocycles. The van der Waals surface area contributed by atoms with E-state index in [1.165, 1.54) is 16.7 Å². The highest BCUT2D eigenvalue weighted by Gasteiger charge is 2.17. The Kier molecular flexibility index (Phi) is 5.48. The van der Waals surface area contributed by atoms with Gasteiger partial charge in [0.05, 0.1) is 6.04 Å². The quantitative estimate of drug-likeness (QED) is 0.808. The van der Waals surface area contributed by atoms with E-state index in [1.807, 2.05) is 12.1 Å². The highest BCUT2D eigenvalue weighted by atomic mass is 16.5. The highest BCUT2D eigenvalue weighted by Crippen LogP contribution is 2.28. The molecule has 23 heavy (non-hydrogen) atoms. The van der Waals surface area contributed by atoms with Crippen molar-refractivity contribution in [3.8, 4) is 5.75 Å². The Bertz CT molecular complexity index is 643. The number of rotatable bonds is 6. The molecule has 0 bridgehead atoms. The van der Waals surface area contributed by atoms with Gasteiger partial charge in [0.25, 0.3) is 0 Å². The average Bonchev–Trinajstić information content (AvgIpc) is 2.55. The molecular weight excluding hydrogens is 282 g/mol. The van der Waals surface area contributed by atoms with Crippen LogP contribution in [-0.2, 0) is 5.41 Å². The van der Waals surface area contributed by atoms with Crippen molar-refractivity contribution >= 4 is 0 Å². The predicted octanol–water partition coefficient (Wildman–Crippen LogP) is 5.07. The molecule has 0 aromatic heterocycles. The molecule has 2 N–H and O–H groups in total. The maximum atomic E-state index is 6.26. The van der Waals surface area contributed by atoms with Crippen LogP contribution in [0.4, 0.5) is 0 Å². The van der Waals surface area contributed by atoms with Crippen molar-refractivity contribution in [3.63, 3.8) is 0 Å². The average molecular weight is 311 g/mol. The number of benzene rings is 2. The van der Waals surface area contributed by atoms with Crippen molar-refractivity contribution in [1.29, 1.82) is 0 Å². The molecule has 0 amide bonds. The summed E-state index contributed by atoms with van der Waals surface area (Å²) in [7, 11) is 0. The Labute approximate surface area is 140 Å². The zero-order valence-electron chi connectivity index (χ0n) is 15.0. The molecule has 0 fully saturated rings. The van der Waals surface area contributed by atoms with E-state index >= 15 is 0 Å². The molecule has 0 aliphatic heterocycles. The minimum atomic E-state index is -0.110. The summed E-state index contributed by atoms with van der Waals surface area (Å²) in [6, 6.07) is 14.6. The van der Waals surface area contributed by atoms with Crippen LogP contribution in [0, 0.1) is 13.8 Å². The van der Waals surface area contributed by atoms with Crippen LogP contribution >= 0.6 is 0 Å². The predicted molar refractivity (Wildman–Crippen MR) is 98.1 cm³/mol. The molecule has 0 spiro atoms. The monoisotopic (exact) mass is 311 g/mol. The zero-order chi connectivity index (χ0) is 17.0. The number of aryl methyl sites for hydroxylation is 2. The van der Waals surface area contributed by atoms with Crippen molar-refractivity contribution in [1.82, 2.24) is 0 Å². The fourth-order valence-electron chi connectivity index (χ4n) is 2.48. The van der Waals surface area contributed by atoms with Crippen LogP contribution in [0.5, 0.6) is 5.75 Å². The topological polar surface area (TPSA) is 35.2 Å². The van der Waals surface area contributed by atoms with Crippen molar-refractivity contribution < 1.29 is 4.74 Å². The number of nitrogens with two attached hydrogens (primary N) is 1. The second kappa shape index (κ2) is 7.18. The van der Waals surface area contributed by atoms with Crippen LogP contribution in [0.2, 0.25) is 0 Å². The van der Waals surface area contributed by atoms with Gasteiger partial charge >= 0.3 is 0 Å². The summed E-state index contributed by atoms with van der Waals surface area (Å²) in [6.45, 7) is 11.4. The number of hydrogen-bond donors (Lipinski definition) is 1. The lowest BCUT2D eigenvalue weighted by molar-refractivity contribution is 0.290. The van der Waals surface area contributed by atoms with Gasteiger partial charge in [0.2, 0.25) is 0 Å². The summed E-state index contributed by atoms with van der Waals surface area (Å²) in [6.07, 6.45) is 1.12. The summed E-state index contributed by atoms with van der Waals surface area (Å²) < 4.78 is 5.87. The van der Waals surface area contributed by atoms with Crippen molar-refractivity contribution in [2.45, 2.75) is 52.5 Å². The first-order chi connectivity index (χ1) is 10.8. The molecule has 0 aliphatic rings. The molecule has 0 radical (unpaired) electrons. The maximum absolute atomic E-state index is 6.26. The Morgan fingerprint density at radius 3 is 2.22 bits per heavy atom. The molecule has 2 rings (SSSR count). The highest BCUT2D eigenvalue weighted by molar-refractivity contribution is 5.33. The normalized spacial score (nSPS) is 13.0. The molecule has 2 aromatic rings. The van der Waals surface area contributed by atoms with E-state index in [4.69, 9.17) is 10.5 Å². The summed E-state index contributed by atoms with van der Waals surface area (Å²) >= 11 is 0. The van der Waals surface area contributed by atoms with Gasteiger partial charge in [-0.05, 0) is 60.1 Å². The molecule has 1 unspecified atom stereocenters. The lowest BCUT2D eigenvalue weighted by Gasteiger charge is -2.23. The van der Waals surface area contributed by atoms with E-state index in [0.717, 1.165) is 17.7 Å². The van der Waals surface area contributed by atoms with E-state index in [2.05, 4.69) is 65.0 Å². The fourth-order valence-corrected chi connectivity index (χ4v) is 2.48. The van der Waals surface area contributed by atoms with Gasteiger partial charge in [-0.3, -0.25) is 0 Å². The molecule has 2 nitrogen and oxygen atoms in total. The third-order valence-electron chi connectivity index (χ3n) is 4.91. The Balaban J connectivity index is 1.99. The van der Waals surface area contributed by atoms with E-state index in [9.17, 15) is 0 Å². The fraction of sp³-hybridized carbons (Fsp3) is 0.429. The minimum Gasteiger partial charge on any atom is -0.492 e. The minimum absolute atomic E-state index is 0.110. The van der Waals surface area contributed by atoms with Crippen LogP contribution < -0.4 is 10.5 Å². The van der Waals surface area contributed by atoms with Crippen LogP contribution in [0.3, 0.4) is 0 Å². The molecule has 1 atom stereocenters. The van der Waals surface area contributed by atoms with Gasteiger partial charge in [0.1, 0.15) is 12.4 Å². The van der Waals surface area contributed by atoms with Crippen molar-refractivity contribution in [2.75, 3.05) is 6.61 Å². The summed E-state index contributed by atoms with van der Waals surface area (Å²) in [5.41, 5.74) is 11.5. The van der Waals surface area contributed by atoms with E-state index < -0.39 is 0 Å². The second-order valence-corrected chi connectivity index (χ2v) is 7.02. The third kappa shape index (κ3) is 4.35. The Hall–Kier alpha value is -1.80. The van der Waals surface area contributed by atoms with Gasteiger partial charge in [-0.25, -0.2) is 0 Å². The largest absolute Gasteiger partial charge is 0.492 e. The number of ether oxygens (including phenoxy) is 1. The van der Waals surface area contributed by atoms with Crippen LogP contribution in [0.1, 0.15) is 55.5 Å². The maximum Gasteiger partial charge on any atom is 0.119 e. The molecule has 0 saturated heterocycles. The summed E-state index contributed by atoms with van der Waals surface area (Å²) in [4.78, 5) is 0. The summed E-state index contributed by atoms with van der Waals surface area (Å²) in [5, 5.41) is 0. The molecule has 2 aromatic carbocycles.